The molecule has 0 aliphatic carbocycles. The van der Waals surface area contributed by atoms with Crippen molar-refractivity contribution in [2.75, 3.05) is 0 Å². The Kier molecular flexibility index (Phi) is 5.82. The van der Waals surface area contributed by atoms with Crippen molar-refractivity contribution in [2.24, 2.45) is 0 Å². The highest BCUT2D eigenvalue weighted by Gasteiger charge is 2.17. The van der Waals surface area contributed by atoms with E-state index in [1.165, 1.54) is 0 Å². The standard InChI is InChI=1S/C35H25N5/c1-22-21-30(37-32-27(22)20-19-24-18-17-23(2)36-31(24)32)28-15-9-10-16-29(28)35-39-33(25-11-5-3-6-12-25)38-34(40-35)26-13-7-4-8-14-26/h3-21H,1-2H3. The van der Waals surface area contributed by atoms with E-state index >= 15 is 0 Å². The van der Waals surface area contributed by atoms with Gasteiger partial charge in [-0.2, -0.15) is 0 Å². The van der Waals surface area contributed by atoms with Gasteiger partial charge in [-0.25, -0.2) is 19.9 Å². The normalized spacial score (nSPS) is 11.2. The van der Waals surface area contributed by atoms with E-state index in [0.717, 1.165) is 61.0 Å². The molecule has 190 valence electrons. The Hall–Kier alpha value is -5.29. The largest absolute Gasteiger partial charge is 0.251 e. The Balaban J connectivity index is 1.47. The Labute approximate surface area is 232 Å². The van der Waals surface area contributed by atoms with E-state index in [4.69, 9.17) is 24.9 Å². The van der Waals surface area contributed by atoms with Gasteiger partial charge in [-0.1, -0.05) is 103 Å². The van der Waals surface area contributed by atoms with Crippen LogP contribution in [0.5, 0.6) is 0 Å². The van der Waals surface area contributed by atoms with E-state index in [2.05, 4.69) is 43.3 Å². The monoisotopic (exact) mass is 515 g/mol. The fourth-order valence-corrected chi connectivity index (χ4v) is 5.11. The van der Waals surface area contributed by atoms with E-state index in [0.29, 0.717) is 17.5 Å². The Morgan fingerprint density at radius 3 is 1.70 bits per heavy atom. The molecule has 0 atom stereocenters. The minimum absolute atomic E-state index is 0.606. The average Bonchev–Trinajstić information content (AvgIpc) is 3.01. The van der Waals surface area contributed by atoms with Crippen LogP contribution in [0.4, 0.5) is 0 Å². The minimum atomic E-state index is 0.606. The van der Waals surface area contributed by atoms with Crippen LogP contribution in [0.25, 0.3) is 67.2 Å². The highest BCUT2D eigenvalue weighted by Crippen LogP contribution is 2.34. The maximum absolute atomic E-state index is 5.19. The van der Waals surface area contributed by atoms with E-state index in [1.54, 1.807) is 0 Å². The number of aryl methyl sites for hydroxylation is 2. The lowest BCUT2D eigenvalue weighted by Crippen LogP contribution is -2.01. The van der Waals surface area contributed by atoms with Gasteiger partial charge < -0.3 is 0 Å². The van der Waals surface area contributed by atoms with E-state index in [9.17, 15) is 0 Å². The van der Waals surface area contributed by atoms with Crippen molar-refractivity contribution in [2.45, 2.75) is 13.8 Å². The van der Waals surface area contributed by atoms with Crippen molar-refractivity contribution in [1.29, 1.82) is 0 Å². The second-order valence-electron chi connectivity index (χ2n) is 9.89. The lowest BCUT2D eigenvalue weighted by atomic mass is 9.99. The fourth-order valence-electron chi connectivity index (χ4n) is 5.11. The summed E-state index contributed by atoms with van der Waals surface area (Å²) in [6.07, 6.45) is 0. The molecule has 0 radical (unpaired) electrons. The molecule has 0 bridgehead atoms. The summed E-state index contributed by atoms with van der Waals surface area (Å²) in [7, 11) is 0. The van der Waals surface area contributed by atoms with Gasteiger partial charge in [-0.05, 0) is 31.5 Å². The molecule has 4 aromatic carbocycles. The van der Waals surface area contributed by atoms with Crippen LogP contribution in [0.15, 0.2) is 115 Å². The lowest BCUT2D eigenvalue weighted by Gasteiger charge is -2.13. The summed E-state index contributed by atoms with van der Waals surface area (Å²) in [5.74, 6) is 1.87. The molecule has 3 heterocycles. The summed E-state index contributed by atoms with van der Waals surface area (Å²) in [5, 5.41) is 2.18. The molecule has 3 aromatic heterocycles. The number of benzene rings is 4. The van der Waals surface area contributed by atoms with E-state index < -0.39 is 0 Å². The zero-order valence-corrected chi connectivity index (χ0v) is 22.2. The van der Waals surface area contributed by atoms with Crippen molar-refractivity contribution in [3.8, 4) is 45.4 Å². The summed E-state index contributed by atoms with van der Waals surface area (Å²) >= 11 is 0. The van der Waals surface area contributed by atoms with Crippen LogP contribution < -0.4 is 0 Å². The predicted molar refractivity (Wildman–Crippen MR) is 162 cm³/mol. The number of pyridine rings is 2. The molecule has 7 rings (SSSR count). The van der Waals surface area contributed by atoms with Crippen LogP contribution in [-0.2, 0) is 0 Å². The number of nitrogens with zero attached hydrogens (tertiary/aromatic N) is 5. The Morgan fingerprint density at radius 1 is 0.450 bits per heavy atom. The maximum atomic E-state index is 5.19. The maximum Gasteiger partial charge on any atom is 0.164 e. The number of hydrogen-bond acceptors (Lipinski definition) is 5. The molecule has 7 aromatic rings. The van der Waals surface area contributed by atoms with Crippen LogP contribution in [0.1, 0.15) is 11.3 Å². The first-order valence-electron chi connectivity index (χ1n) is 13.3. The van der Waals surface area contributed by atoms with Crippen LogP contribution in [0.3, 0.4) is 0 Å². The van der Waals surface area contributed by atoms with Crippen molar-refractivity contribution in [3.05, 3.63) is 127 Å². The molecule has 0 spiro atoms. The third kappa shape index (κ3) is 4.28. The van der Waals surface area contributed by atoms with Gasteiger partial charge in [-0.15, -0.1) is 0 Å². The molecule has 0 aliphatic rings. The quantitative estimate of drug-likeness (QED) is 0.221. The van der Waals surface area contributed by atoms with Gasteiger partial charge in [0.05, 0.1) is 16.7 Å². The second-order valence-corrected chi connectivity index (χ2v) is 9.89. The Bertz CT molecular complexity index is 1960. The first-order valence-corrected chi connectivity index (χ1v) is 13.3. The number of rotatable bonds is 4. The molecule has 0 saturated carbocycles. The summed E-state index contributed by atoms with van der Waals surface area (Å²) in [4.78, 5) is 24.8. The first-order chi connectivity index (χ1) is 19.6. The van der Waals surface area contributed by atoms with E-state index in [-0.39, 0.29) is 0 Å². The number of fused-ring (bicyclic) bond motifs is 3. The van der Waals surface area contributed by atoms with Gasteiger partial charge in [0.15, 0.2) is 17.5 Å². The summed E-state index contributed by atoms with van der Waals surface area (Å²) in [5.41, 5.74) is 8.52. The third-order valence-electron chi connectivity index (χ3n) is 7.13. The topological polar surface area (TPSA) is 64.5 Å². The van der Waals surface area contributed by atoms with Crippen molar-refractivity contribution < 1.29 is 0 Å². The van der Waals surface area contributed by atoms with Crippen LogP contribution in [0, 0.1) is 13.8 Å². The molecule has 0 aliphatic heterocycles. The summed E-state index contributed by atoms with van der Waals surface area (Å²) in [6.45, 7) is 4.14. The van der Waals surface area contributed by atoms with Gasteiger partial charge in [0.25, 0.3) is 0 Å². The smallest absolute Gasteiger partial charge is 0.164 e. The van der Waals surface area contributed by atoms with Gasteiger partial charge in [-0.3, -0.25) is 4.98 Å². The van der Waals surface area contributed by atoms with Crippen LogP contribution in [-0.4, -0.2) is 24.9 Å². The molecular formula is C35H25N5. The third-order valence-corrected chi connectivity index (χ3v) is 7.13. The zero-order chi connectivity index (χ0) is 27.1. The van der Waals surface area contributed by atoms with Gasteiger partial charge in [0.1, 0.15) is 0 Å². The Morgan fingerprint density at radius 2 is 1.02 bits per heavy atom. The molecule has 0 saturated heterocycles. The van der Waals surface area contributed by atoms with Crippen LogP contribution >= 0.6 is 0 Å². The minimum Gasteiger partial charge on any atom is -0.251 e. The SMILES string of the molecule is Cc1ccc2ccc3c(C)cc(-c4ccccc4-c4nc(-c5ccccc5)nc(-c5ccccc5)n4)nc3c2n1. The molecule has 5 nitrogen and oxygen atoms in total. The summed E-state index contributed by atoms with van der Waals surface area (Å²) < 4.78 is 0. The lowest BCUT2D eigenvalue weighted by molar-refractivity contribution is 1.07. The highest BCUT2D eigenvalue weighted by molar-refractivity contribution is 6.05. The molecule has 0 fully saturated rings. The molecule has 0 amide bonds. The van der Waals surface area contributed by atoms with Gasteiger partial charge >= 0.3 is 0 Å². The molecule has 0 N–H and O–H groups in total. The first kappa shape index (κ1) is 23.8. The highest BCUT2D eigenvalue weighted by atomic mass is 15.0. The molecular weight excluding hydrogens is 490 g/mol. The molecule has 40 heavy (non-hydrogen) atoms. The predicted octanol–water partition coefficient (Wildman–Crippen LogP) is 8.25. The van der Waals surface area contributed by atoms with Crippen molar-refractivity contribution >= 4 is 21.8 Å². The number of aromatic nitrogens is 5. The van der Waals surface area contributed by atoms with E-state index in [1.807, 2.05) is 85.8 Å². The number of hydrogen-bond donors (Lipinski definition) is 0. The van der Waals surface area contributed by atoms with Crippen LogP contribution in [0.2, 0.25) is 0 Å². The molecule has 5 heteroatoms. The van der Waals surface area contributed by atoms with Gasteiger partial charge in [0, 0.05) is 38.7 Å². The van der Waals surface area contributed by atoms with Crippen molar-refractivity contribution in [1.82, 2.24) is 24.9 Å². The second kappa shape index (κ2) is 9.79. The van der Waals surface area contributed by atoms with Crippen molar-refractivity contribution in [3.63, 3.8) is 0 Å². The van der Waals surface area contributed by atoms with Gasteiger partial charge in [0.2, 0.25) is 0 Å². The summed E-state index contributed by atoms with van der Waals surface area (Å²) in [6, 6.07) is 38.8. The molecule has 0 unspecified atom stereocenters. The average molecular weight is 516 g/mol. The fraction of sp³-hybridized carbons (Fsp3) is 0.0571. The zero-order valence-electron chi connectivity index (χ0n) is 22.2.